The SMILES string of the molecule is O=C(COC(=O)c1cc2c(s1)CCCCC2)NC1CCCCCCC1. The van der Waals surface area contributed by atoms with Crippen LogP contribution in [0.2, 0.25) is 0 Å². The number of hydrogen-bond donors (Lipinski definition) is 1. The maximum Gasteiger partial charge on any atom is 0.348 e. The number of amides is 1. The maximum atomic E-state index is 12.3. The van der Waals surface area contributed by atoms with Crippen LogP contribution in [0, 0.1) is 0 Å². The normalized spacial score (nSPS) is 19.2. The van der Waals surface area contributed by atoms with Gasteiger partial charge in [0.05, 0.1) is 0 Å². The number of nitrogens with one attached hydrogen (secondary N) is 1. The summed E-state index contributed by atoms with van der Waals surface area (Å²) >= 11 is 1.54. The fourth-order valence-corrected chi connectivity index (χ4v) is 4.99. The minimum absolute atomic E-state index is 0.169. The summed E-state index contributed by atoms with van der Waals surface area (Å²) in [4.78, 5) is 26.3. The molecule has 1 saturated carbocycles. The van der Waals surface area contributed by atoms with Gasteiger partial charge in [-0.15, -0.1) is 11.3 Å². The summed E-state index contributed by atoms with van der Waals surface area (Å²) in [6.45, 7) is -0.169. The van der Waals surface area contributed by atoms with Crippen molar-refractivity contribution in [2.75, 3.05) is 6.61 Å². The smallest absolute Gasteiger partial charge is 0.348 e. The topological polar surface area (TPSA) is 55.4 Å². The highest BCUT2D eigenvalue weighted by Crippen LogP contribution is 2.29. The molecule has 1 amide bonds. The Balaban J connectivity index is 1.45. The third kappa shape index (κ3) is 5.56. The molecule has 0 atom stereocenters. The summed E-state index contributed by atoms with van der Waals surface area (Å²) in [6.07, 6.45) is 14.0. The van der Waals surface area contributed by atoms with Gasteiger partial charge in [0.2, 0.25) is 0 Å². The molecule has 0 bridgehead atoms. The molecule has 0 radical (unpaired) electrons. The Morgan fingerprint density at radius 1 is 1.00 bits per heavy atom. The second kappa shape index (κ2) is 9.37. The first-order chi connectivity index (χ1) is 12.2. The van der Waals surface area contributed by atoms with Crippen molar-refractivity contribution in [3.63, 3.8) is 0 Å². The monoisotopic (exact) mass is 363 g/mol. The predicted molar refractivity (Wildman–Crippen MR) is 100 cm³/mol. The van der Waals surface area contributed by atoms with Gasteiger partial charge in [-0.05, 0) is 50.2 Å². The van der Waals surface area contributed by atoms with E-state index in [-0.39, 0.29) is 24.5 Å². The Kier molecular flexibility index (Phi) is 6.91. The molecule has 0 aliphatic heterocycles. The first-order valence-electron chi connectivity index (χ1n) is 9.80. The van der Waals surface area contributed by atoms with Crippen LogP contribution in [0.1, 0.15) is 84.3 Å². The van der Waals surface area contributed by atoms with E-state index in [0.29, 0.717) is 4.88 Å². The van der Waals surface area contributed by atoms with Gasteiger partial charge in [-0.1, -0.05) is 38.5 Å². The van der Waals surface area contributed by atoms with Crippen LogP contribution in [-0.2, 0) is 22.4 Å². The molecule has 2 aliphatic carbocycles. The van der Waals surface area contributed by atoms with Gasteiger partial charge in [0.25, 0.3) is 5.91 Å². The van der Waals surface area contributed by atoms with Crippen molar-refractivity contribution in [2.45, 2.75) is 83.1 Å². The molecule has 2 aliphatic rings. The lowest BCUT2D eigenvalue weighted by Crippen LogP contribution is -2.38. The van der Waals surface area contributed by atoms with Crippen molar-refractivity contribution in [1.29, 1.82) is 0 Å². The van der Waals surface area contributed by atoms with E-state index in [2.05, 4.69) is 5.32 Å². The lowest BCUT2D eigenvalue weighted by molar-refractivity contribution is -0.125. The van der Waals surface area contributed by atoms with Gasteiger partial charge < -0.3 is 10.1 Å². The van der Waals surface area contributed by atoms with Crippen molar-refractivity contribution in [3.8, 4) is 0 Å². The third-order valence-electron chi connectivity index (χ3n) is 5.25. The van der Waals surface area contributed by atoms with Crippen LogP contribution in [-0.4, -0.2) is 24.5 Å². The molecule has 1 heterocycles. The van der Waals surface area contributed by atoms with Crippen molar-refractivity contribution in [3.05, 3.63) is 21.4 Å². The number of esters is 1. The second-order valence-electron chi connectivity index (χ2n) is 7.31. The van der Waals surface area contributed by atoms with E-state index in [1.807, 2.05) is 6.07 Å². The van der Waals surface area contributed by atoms with Crippen molar-refractivity contribution in [2.24, 2.45) is 0 Å². The van der Waals surface area contributed by atoms with Crippen LogP contribution < -0.4 is 5.32 Å². The van der Waals surface area contributed by atoms with Crippen LogP contribution in [0.3, 0.4) is 0 Å². The average molecular weight is 364 g/mol. The quantitative estimate of drug-likeness (QED) is 0.637. The fourth-order valence-electron chi connectivity index (χ4n) is 3.84. The molecular formula is C20H29NO3S. The van der Waals surface area contributed by atoms with Crippen LogP contribution in [0.15, 0.2) is 6.07 Å². The van der Waals surface area contributed by atoms with Gasteiger partial charge in [0.1, 0.15) is 4.88 Å². The molecular weight excluding hydrogens is 334 g/mol. The predicted octanol–water partition coefficient (Wildman–Crippen LogP) is 4.40. The van der Waals surface area contributed by atoms with Gasteiger partial charge >= 0.3 is 5.97 Å². The van der Waals surface area contributed by atoms with Gasteiger partial charge in [-0.3, -0.25) is 4.79 Å². The molecule has 1 fully saturated rings. The maximum absolute atomic E-state index is 12.3. The average Bonchev–Trinajstić information content (AvgIpc) is 2.86. The van der Waals surface area contributed by atoms with Crippen LogP contribution in [0.4, 0.5) is 0 Å². The molecule has 1 N–H and O–H groups in total. The highest BCUT2D eigenvalue weighted by Gasteiger charge is 2.19. The molecule has 0 spiro atoms. The molecule has 1 aromatic rings. The standard InChI is InChI=1S/C20H29NO3S/c22-19(21-16-10-6-2-1-3-7-11-16)14-24-20(23)18-13-15-9-5-4-8-12-17(15)25-18/h13,16H,1-12,14H2,(H,21,22). The molecule has 138 valence electrons. The molecule has 0 aromatic carbocycles. The first kappa shape index (κ1) is 18.4. The minimum Gasteiger partial charge on any atom is -0.451 e. The molecule has 3 rings (SSSR count). The fraction of sp³-hybridized carbons (Fsp3) is 0.700. The number of rotatable bonds is 4. The minimum atomic E-state index is -0.356. The van der Waals surface area contributed by atoms with Crippen LogP contribution in [0.25, 0.3) is 0 Å². The summed E-state index contributed by atoms with van der Waals surface area (Å²) in [7, 11) is 0. The summed E-state index contributed by atoms with van der Waals surface area (Å²) < 4.78 is 5.26. The molecule has 5 heteroatoms. The van der Waals surface area contributed by atoms with Crippen molar-refractivity contribution < 1.29 is 14.3 Å². The van der Waals surface area contributed by atoms with Gasteiger partial charge in [0, 0.05) is 10.9 Å². The van der Waals surface area contributed by atoms with E-state index >= 15 is 0 Å². The highest BCUT2D eigenvalue weighted by molar-refractivity contribution is 7.14. The van der Waals surface area contributed by atoms with E-state index in [1.54, 1.807) is 11.3 Å². The highest BCUT2D eigenvalue weighted by atomic mass is 32.1. The zero-order valence-electron chi connectivity index (χ0n) is 15.0. The van der Waals surface area contributed by atoms with Crippen LogP contribution >= 0.6 is 11.3 Å². The van der Waals surface area contributed by atoms with Gasteiger partial charge in [-0.25, -0.2) is 4.79 Å². The number of carbonyl (C=O) groups is 2. The Bertz CT molecular complexity index is 564. The van der Waals surface area contributed by atoms with Gasteiger partial charge in [0.15, 0.2) is 6.61 Å². The lowest BCUT2D eigenvalue weighted by atomic mass is 9.97. The zero-order valence-corrected chi connectivity index (χ0v) is 15.8. The van der Waals surface area contributed by atoms with Crippen molar-refractivity contribution >= 4 is 23.2 Å². The third-order valence-corrected chi connectivity index (χ3v) is 6.47. The van der Waals surface area contributed by atoms with Gasteiger partial charge in [-0.2, -0.15) is 0 Å². The summed E-state index contributed by atoms with van der Waals surface area (Å²) in [5.41, 5.74) is 1.30. The molecule has 0 unspecified atom stereocenters. The Morgan fingerprint density at radius 2 is 1.68 bits per heavy atom. The first-order valence-corrected chi connectivity index (χ1v) is 10.6. The lowest BCUT2D eigenvalue weighted by Gasteiger charge is -2.20. The summed E-state index contributed by atoms with van der Waals surface area (Å²) in [6, 6.07) is 2.21. The number of carbonyl (C=O) groups excluding carboxylic acids is 2. The number of aryl methyl sites for hydroxylation is 2. The van der Waals surface area contributed by atoms with E-state index < -0.39 is 0 Å². The number of thiophene rings is 1. The van der Waals surface area contributed by atoms with E-state index in [0.717, 1.165) is 25.7 Å². The van der Waals surface area contributed by atoms with Crippen molar-refractivity contribution in [1.82, 2.24) is 5.32 Å². The Hall–Kier alpha value is -1.36. The largest absolute Gasteiger partial charge is 0.451 e. The zero-order chi connectivity index (χ0) is 17.5. The Morgan fingerprint density at radius 3 is 2.48 bits per heavy atom. The summed E-state index contributed by atoms with van der Waals surface area (Å²) in [5, 5.41) is 3.04. The second-order valence-corrected chi connectivity index (χ2v) is 8.44. The molecule has 0 saturated heterocycles. The van der Waals surface area contributed by atoms with E-state index in [4.69, 9.17) is 4.74 Å². The van der Waals surface area contributed by atoms with Crippen LogP contribution in [0.5, 0.6) is 0 Å². The van der Waals surface area contributed by atoms with E-state index in [9.17, 15) is 9.59 Å². The summed E-state index contributed by atoms with van der Waals surface area (Å²) in [5.74, 6) is -0.525. The molecule has 25 heavy (non-hydrogen) atoms. The number of ether oxygens (including phenoxy) is 1. The van der Waals surface area contributed by atoms with E-state index in [1.165, 1.54) is 61.8 Å². The Labute approximate surface area is 154 Å². The molecule has 4 nitrogen and oxygen atoms in total. The number of fused-ring (bicyclic) bond motifs is 1. The number of hydrogen-bond acceptors (Lipinski definition) is 4. The molecule has 1 aromatic heterocycles.